The van der Waals surface area contributed by atoms with Gasteiger partial charge in [0.15, 0.2) is 0 Å². The summed E-state index contributed by atoms with van der Waals surface area (Å²) in [5.74, 6) is 0. The van der Waals surface area contributed by atoms with Gasteiger partial charge in [-0.15, -0.1) is 0 Å². The van der Waals surface area contributed by atoms with Gasteiger partial charge in [-0.25, -0.2) is 4.39 Å². The highest BCUT2D eigenvalue weighted by Gasteiger charge is 2.70. The standard InChI is InChI=1S/C6H4F7/c1-2-3-4(7,5(8,9)10)6(11,12)13/h2-3H,1H2. The summed E-state index contributed by atoms with van der Waals surface area (Å²) < 4.78 is 82.1. The Morgan fingerprint density at radius 2 is 1.08 bits per heavy atom. The maximum atomic E-state index is 12.4. The van der Waals surface area contributed by atoms with Crippen LogP contribution in [0.5, 0.6) is 0 Å². The van der Waals surface area contributed by atoms with E-state index in [4.69, 9.17) is 0 Å². The maximum absolute atomic E-state index is 12.4. The number of halogens is 7. The van der Waals surface area contributed by atoms with Gasteiger partial charge < -0.3 is 0 Å². The van der Waals surface area contributed by atoms with Gasteiger partial charge in [0, 0.05) is 0 Å². The van der Waals surface area contributed by atoms with Crippen LogP contribution in [0.15, 0.2) is 12.2 Å². The molecule has 0 aliphatic carbocycles. The lowest BCUT2D eigenvalue weighted by molar-refractivity contribution is -0.322. The summed E-state index contributed by atoms with van der Waals surface area (Å²) in [6, 6.07) is 0. The zero-order valence-electron chi connectivity index (χ0n) is 6.01. The average Bonchev–Trinajstić information content (AvgIpc) is 1.82. The van der Waals surface area contributed by atoms with Gasteiger partial charge in [-0.1, -0.05) is 6.08 Å². The first-order chi connectivity index (χ1) is 5.56. The van der Waals surface area contributed by atoms with Crippen molar-refractivity contribution in [3.63, 3.8) is 0 Å². The molecule has 7 heteroatoms. The van der Waals surface area contributed by atoms with Crippen LogP contribution in [-0.4, -0.2) is 18.0 Å². The fourth-order valence-corrected chi connectivity index (χ4v) is 0.512. The molecule has 0 aliphatic heterocycles. The van der Waals surface area contributed by atoms with Crippen LogP contribution in [0.25, 0.3) is 0 Å². The zero-order chi connectivity index (χ0) is 10.9. The van der Waals surface area contributed by atoms with E-state index in [-0.39, 0.29) is 6.08 Å². The van der Waals surface area contributed by atoms with Crippen molar-refractivity contribution in [2.75, 3.05) is 0 Å². The lowest BCUT2D eigenvalue weighted by Gasteiger charge is -2.26. The van der Waals surface area contributed by atoms with Gasteiger partial charge in [0.25, 0.3) is 0 Å². The molecule has 0 spiro atoms. The SMILES string of the molecule is [CH2]C=CC(F)(C(F)(F)F)C(F)(F)F. The average molecular weight is 209 g/mol. The van der Waals surface area contributed by atoms with Crippen molar-refractivity contribution in [1.29, 1.82) is 0 Å². The Morgan fingerprint density at radius 3 is 1.15 bits per heavy atom. The van der Waals surface area contributed by atoms with Crippen LogP contribution in [0.3, 0.4) is 0 Å². The molecule has 0 aromatic carbocycles. The lowest BCUT2D eigenvalue weighted by atomic mass is 10.1. The summed E-state index contributed by atoms with van der Waals surface area (Å²) in [7, 11) is 0. The molecule has 0 amide bonds. The van der Waals surface area contributed by atoms with Gasteiger partial charge in [-0.3, -0.25) is 0 Å². The molecule has 0 unspecified atom stereocenters. The monoisotopic (exact) mass is 209 g/mol. The summed E-state index contributed by atoms with van der Waals surface area (Å²) in [6.07, 6.45) is -12.6. The molecule has 77 valence electrons. The van der Waals surface area contributed by atoms with Crippen molar-refractivity contribution < 1.29 is 30.7 Å². The molecule has 1 radical (unpaired) electrons. The summed E-state index contributed by atoms with van der Waals surface area (Å²) in [5.41, 5.74) is -5.32. The summed E-state index contributed by atoms with van der Waals surface area (Å²) in [5, 5.41) is 0. The molecular weight excluding hydrogens is 205 g/mol. The predicted octanol–water partition coefficient (Wildman–Crippen LogP) is 3.21. The van der Waals surface area contributed by atoms with E-state index >= 15 is 0 Å². The second-order valence-corrected chi connectivity index (χ2v) is 2.11. The molecule has 0 N–H and O–H groups in total. The van der Waals surface area contributed by atoms with Crippen molar-refractivity contribution in [3.05, 3.63) is 19.1 Å². The predicted molar refractivity (Wildman–Crippen MR) is 30.4 cm³/mol. The van der Waals surface area contributed by atoms with Gasteiger partial charge in [0.1, 0.15) is 0 Å². The van der Waals surface area contributed by atoms with E-state index in [9.17, 15) is 30.7 Å². The highest BCUT2D eigenvalue weighted by atomic mass is 19.4. The molecule has 0 bridgehead atoms. The molecule has 0 atom stereocenters. The largest absolute Gasteiger partial charge is 0.435 e. The van der Waals surface area contributed by atoms with Crippen molar-refractivity contribution in [2.45, 2.75) is 18.0 Å². The number of hydrogen-bond acceptors (Lipinski definition) is 0. The highest BCUT2D eigenvalue weighted by molar-refractivity contribution is 5.11. The van der Waals surface area contributed by atoms with Crippen molar-refractivity contribution >= 4 is 0 Å². The lowest BCUT2D eigenvalue weighted by Crippen LogP contribution is -2.51. The minimum absolute atomic E-state index is 0.112. The highest BCUT2D eigenvalue weighted by Crippen LogP contribution is 2.46. The first-order valence-corrected chi connectivity index (χ1v) is 2.85. The maximum Gasteiger partial charge on any atom is 0.435 e. The Labute approximate surface area is 69.0 Å². The topological polar surface area (TPSA) is 0 Å². The Kier molecular flexibility index (Phi) is 3.01. The summed E-state index contributed by atoms with van der Waals surface area (Å²) in [4.78, 5) is 0. The van der Waals surface area contributed by atoms with E-state index in [0.29, 0.717) is 0 Å². The summed E-state index contributed by atoms with van der Waals surface area (Å²) >= 11 is 0. The molecule has 0 saturated carbocycles. The minimum Gasteiger partial charge on any atom is -0.219 e. The molecule has 0 aromatic heterocycles. The third-order valence-corrected chi connectivity index (χ3v) is 1.17. The van der Waals surface area contributed by atoms with Gasteiger partial charge in [-0.05, 0) is 13.0 Å². The Bertz CT molecular complexity index is 182. The zero-order valence-corrected chi connectivity index (χ0v) is 6.01. The number of rotatable bonds is 1. The first-order valence-electron chi connectivity index (χ1n) is 2.85. The van der Waals surface area contributed by atoms with Gasteiger partial charge >= 0.3 is 18.0 Å². The van der Waals surface area contributed by atoms with Crippen LogP contribution < -0.4 is 0 Å². The van der Waals surface area contributed by atoms with Crippen LogP contribution in [-0.2, 0) is 0 Å². The molecule has 0 fully saturated rings. The van der Waals surface area contributed by atoms with Crippen LogP contribution in [0.1, 0.15) is 0 Å². The molecule has 13 heavy (non-hydrogen) atoms. The Hall–Kier alpha value is -0.750. The van der Waals surface area contributed by atoms with Crippen molar-refractivity contribution in [3.8, 4) is 0 Å². The molecule has 0 heterocycles. The van der Waals surface area contributed by atoms with Gasteiger partial charge in [0.2, 0.25) is 0 Å². The fraction of sp³-hybridized carbons (Fsp3) is 0.500. The third kappa shape index (κ3) is 2.13. The van der Waals surface area contributed by atoms with Crippen LogP contribution in [0.2, 0.25) is 0 Å². The normalized spacial score (nSPS) is 15.4. The Morgan fingerprint density at radius 1 is 0.769 bits per heavy atom. The van der Waals surface area contributed by atoms with Crippen LogP contribution >= 0.6 is 0 Å². The van der Waals surface area contributed by atoms with Gasteiger partial charge in [0.05, 0.1) is 0 Å². The molecular formula is C6H4F7. The van der Waals surface area contributed by atoms with E-state index < -0.39 is 24.1 Å². The molecule has 0 saturated heterocycles. The molecule has 0 aromatic rings. The second-order valence-electron chi connectivity index (χ2n) is 2.11. The number of allylic oxidation sites excluding steroid dienone is 2. The van der Waals surface area contributed by atoms with E-state index in [1.807, 2.05) is 0 Å². The van der Waals surface area contributed by atoms with E-state index in [1.54, 1.807) is 0 Å². The van der Waals surface area contributed by atoms with E-state index in [2.05, 4.69) is 6.92 Å². The van der Waals surface area contributed by atoms with Crippen molar-refractivity contribution in [1.82, 2.24) is 0 Å². The summed E-state index contributed by atoms with van der Waals surface area (Å²) in [6.45, 7) is 2.58. The smallest absolute Gasteiger partial charge is 0.219 e. The number of hydrogen-bond donors (Lipinski definition) is 0. The van der Waals surface area contributed by atoms with Crippen LogP contribution in [0.4, 0.5) is 30.7 Å². The third-order valence-electron chi connectivity index (χ3n) is 1.17. The minimum atomic E-state index is -6.03. The quantitative estimate of drug-likeness (QED) is 0.581. The van der Waals surface area contributed by atoms with E-state index in [0.717, 1.165) is 0 Å². The van der Waals surface area contributed by atoms with Gasteiger partial charge in [-0.2, -0.15) is 26.3 Å². The molecule has 0 rings (SSSR count). The number of alkyl halides is 7. The van der Waals surface area contributed by atoms with Crippen LogP contribution in [0, 0.1) is 6.92 Å². The fourth-order valence-electron chi connectivity index (χ4n) is 0.512. The van der Waals surface area contributed by atoms with E-state index in [1.165, 1.54) is 0 Å². The Balaban J connectivity index is 5.21. The van der Waals surface area contributed by atoms with Crippen molar-refractivity contribution in [2.24, 2.45) is 0 Å². The molecule has 0 aliphatic rings. The first kappa shape index (κ1) is 12.2. The second kappa shape index (κ2) is 3.19. The molecule has 0 nitrogen and oxygen atoms in total.